The van der Waals surface area contributed by atoms with Gasteiger partial charge in [0.15, 0.2) is 0 Å². The summed E-state index contributed by atoms with van der Waals surface area (Å²) in [5.41, 5.74) is 0.367. The topological polar surface area (TPSA) is 35.5 Å². The van der Waals surface area contributed by atoms with Crippen molar-refractivity contribution in [3.8, 4) is 5.75 Å². The Morgan fingerprint density at radius 2 is 2.00 bits per heavy atom. The summed E-state index contributed by atoms with van der Waals surface area (Å²) in [5.74, 6) is -0.0269. The summed E-state index contributed by atoms with van der Waals surface area (Å²) < 4.78 is 22.3. The Kier molecular flexibility index (Phi) is 4.51. The van der Waals surface area contributed by atoms with Crippen molar-refractivity contribution in [2.45, 2.75) is 6.92 Å². The van der Waals surface area contributed by atoms with Gasteiger partial charge in [0.05, 0.1) is 19.3 Å². The monoisotopic (exact) mass is 224 g/mol. The average Bonchev–Trinajstić information content (AvgIpc) is 2.31. The van der Waals surface area contributed by atoms with Gasteiger partial charge in [0.2, 0.25) is 0 Å². The van der Waals surface area contributed by atoms with Crippen LogP contribution >= 0.6 is 0 Å². The van der Waals surface area contributed by atoms with E-state index in [0.717, 1.165) is 0 Å². The van der Waals surface area contributed by atoms with E-state index in [4.69, 9.17) is 9.47 Å². The first-order valence-corrected chi connectivity index (χ1v) is 4.84. The number of carbonyl (C=O) groups excluding carboxylic acids is 1. The lowest BCUT2D eigenvalue weighted by Crippen LogP contribution is -2.06. The van der Waals surface area contributed by atoms with Crippen LogP contribution in [-0.4, -0.2) is 19.7 Å². The minimum Gasteiger partial charge on any atom is -0.497 e. The van der Waals surface area contributed by atoms with E-state index < -0.39 is 5.97 Å². The van der Waals surface area contributed by atoms with E-state index in [1.54, 1.807) is 31.2 Å². The van der Waals surface area contributed by atoms with Crippen molar-refractivity contribution in [3.05, 3.63) is 36.2 Å². The van der Waals surface area contributed by atoms with Crippen LogP contribution in [0.4, 0.5) is 4.39 Å². The lowest BCUT2D eigenvalue weighted by molar-refractivity contribution is -0.136. The molecular formula is C12H13FO3. The van der Waals surface area contributed by atoms with Crippen LogP contribution in [0.1, 0.15) is 12.5 Å². The predicted octanol–water partition coefficient (Wildman–Crippen LogP) is 2.57. The molecule has 0 radical (unpaired) electrons. The van der Waals surface area contributed by atoms with Crippen molar-refractivity contribution < 1.29 is 18.7 Å². The van der Waals surface area contributed by atoms with Gasteiger partial charge < -0.3 is 9.47 Å². The molecule has 0 bridgehead atoms. The van der Waals surface area contributed by atoms with Crippen LogP contribution in [0.25, 0.3) is 5.57 Å². The molecule has 0 aliphatic rings. The van der Waals surface area contributed by atoms with E-state index in [2.05, 4.69) is 0 Å². The Labute approximate surface area is 93.5 Å². The predicted molar refractivity (Wildman–Crippen MR) is 58.7 cm³/mol. The molecule has 0 saturated carbocycles. The molecule has 86 valence electrons. The van der Waals surface area contributed by atoms with Gasteiger partial charge >= 0.3 is 5.97 Å². The molecule has 0 unspecified atom stereocenters. The second kappa shape index (κ2) is 5.90. The number of benzene rings is 1. The smallest absolute Gasteiger partial charge is 0.341 e. The summed E-state index contributed by atoms with van der Waals surface area (Å²) in [6.45, 7) is 1.88. The van der Waals surface area contributed by atoms with Gasteiger partial charge in [-0.25, -0.2) is 9.18 Å². The fourth-order valence-electron chi connectivity index (χ4n) is 1.20. The van der Waals surface area contributed by atoms with Crippen LogP contribution in [0.15, 0.2) is 30.6 Å². The molecule has 0 atom stereocenters. The van der Waals surface area contributed by atoms with Gasteiger partial charge in [-0.15, -0.1) is 0 Å². The van der Waals surface area contributed by atoms with Gasteiger partial charge in [0.1, 0.15) is 12.1 Å². The number of ether oxygens (including phenoxy) is 2. The molecule has 3 nitrogen and oxygen atoms in total. The molecule has 1 rings (SSSR count). The number of hydrogen-bond donors (Lipinski definition) is 0. The third-order valence-corrected chi connectivity index (χ3v) is 2.01. The third kappa shape index (κ3) is 2.82. The standard InChI is InChI=1S/C12H13FO3/c1-3-16-12(14)11(8-13)9-4-6-10(15-2)7-5-9/h4-8H,3H2,1-2H3. The average molecular weight is 224 g/mol. The Hall–Kier alpha value is -1.84. The minimum absolute atomic E-state index is 0.0931. The molecule has 0 N–H and O–H groups in total. The summed E-state index contributed by atoms with van der Waals surface area (Å²) in [5, 5.41) is 0. The molecule has 1 aromatic carbocycles. The van der Waals surface area contributed by atoms with E-state index >= 15 is 0 Å². The number of esters is 1. The van der Waals surface area contributed by atoms with Crippen molar-refractivity contribution in [1.82, 2.24) is 0 Å². The van der Waals surface area contributed by atoms with Gasteiger partial charge in [0.25, 0.3) is 0 Å². The summed E-state index contributed by atoms with van der Waals surface area (Å²) in [4.78, 5) is 11.4. The maximum atomic E-state index is 12.6. The molecule has 0 fully saturated rings. The van der Waals surface area contributed by atoms with Crippen LogP contribution in [0, 0.1) is 0 Å². The highest BCUT2D eigenvalue weighted by atomic mass is 19.1. The molecule has 0 aliphatic heterocycles. The lowest BCUT2D eigenvalue weighted by atomic mass is 10.1. The van der Waals surface area contributed by atoms with E-state index in [9.17, 15) is 9.18 Å². The fraction of sp³-hybridized carbons (Fsp3) is 0.250. The third-order valence-electron chi connectivity index (χ3n) is 2.01. The normalized spacial score (nSPS) is 11.1. The number of carbonyl (C=O) groups is 1. The highest BCUT2D eigenvalue weighted by molar-refractivity contribution is 6.16. The van der Waals surface area contributed by atoms with Gasteiger partial charge in [-0.3, -0.25) is 0 Å². The number of rotatable bonds is 4. The Balaban J connectivity index is 2.92. The quantitative estimate of drug-likeness (QED) is 0.582. The Morgan fingerprint density at radius 3 is 2.44 bits per heavy atom. The van der Waals surface area contributed by atoms with Crippen molar-refractivity contribution >= 4 is 11.5 Å². The first-order valence-electron chi connectivity index (χ1n) is 4.84. The molecule has 0 aliphatic carbocycles. The largest absolute Gasteiger partial charge is 0.497 e. The summed E-state index contributed by atoms with van der Waals surface area (Å²) in [6, 6.07) is 6.50. The van der Waals surface area contributed by atoms with Gasteiger partial charge in [-0.2, -0.15) is 0 Å². The SMILES string of the molecule is CCOC(=O)C(=CF)c1ccc(OC)cc1. The second-order valence-corrected chi connectivity index (χ2v) is 2.97. The number of hydrogen-bond acceptors (Lipinski definition) is 3. The zero-order valence-electron chi connectivity index (χ0n) is 9.20. The second-order valence-electron chi connectivity index (χ2n) is 2.97. The van der Waals surface area contributed by atoms with Crippen molar-refractivity contribution in [1.29, 1.82) is 0 Å². The van der Waals surface area contributed by atoms with Crippen LogP contribution in [0.5, 0.6) is 5.75 Å². The molecule has 1 aromatic rings. The van der Waals surface area contributed by atoms with Crippen LogP contribution in [-0.2, 0) is 9.53 Å². The number of halogens is 1. The number of methoxy groups -OCH3 is 1. The Morgan fingerprint density at radius 1 is 1.38 bits per heavy atom. The van der Waals surface area contributed by atoms with E-state index in [1.807, 2.05) is 0 Å². The fourth-order valence-corrected chi connectivity index (χ4v) is 1.20. The maximum absolute atomic E-state index is 12.6. The molecule has 0 heterocycles. The summed E-state index contributed by atoms with van der Waals surface area (Å²) in [7, 11) is 1.53. The van der Waals surface area contributed by atoms with Gasteiger partial charge in [-0.1, -0.05) is 12.1 Å². The van der Waals surface area contributed by atoms with Crippen LogP contribution in [0.3, 0.4) is 0 Å². The first-order chi connectivity index (χ1) is 7.72. The van der Waals surface area contributed by atoms with Crippen molar-refractivity contribution in [3.63, 3.8) is 0 Å². The van der Waals surface area contributed by atoms with E-state index in [-0.39, 0.29) is 18.5 Å². The van der Waals surface area contributed by atoms with E-state index in [0.29, 0.717) is 11.3 Å². The molecule has 0 aromatic heterocycles. The molecule has 0 amide bonds. The van der Waals surface area contributed by atoms with Crippen LogP contribution in [0.2, 0.25) is 0 Å². The maximum Gasteiger partial charge on any atom is 0.341 e. The Bertz CT molecular complexity index is 382. The molecular weight excluding hydrogens is 211 g/mol. The molecule has 4 heteroatoms. The molecule has 16 heavy (non-hydrogen) atoms. The van der Waals surface area contributed by atoms with E-state index in [1.165, 1.54) is 7.11 Å². The minimum atomic E-state index is -0.671. The van der Waals surface area contributed by atoms with Crippen molar-refractivity contribution in [2.75, 3.05) is 13.7 Å². The molecule has 0 saturated heterocycles. The highest BCUT2D eigenvalue weighted by Crippen LogP contribution is 2.20. The summed E-state index contributed by atoms with van der Waals surface area (Å²) in [6.07, 6.45) is 0.250. The highest BCUT2D eigenvalue weighted by Gasteiger charge is 2.13. The zero-order chi connectivity index (χ0) is 12.0. The summed E-state index contributed by atoms with van der Waals surface area (Å²) >= 11 is 0. The van der Waals surface area contributed by atoms with Gasteiger partial charge in [-0.05, 0) is 24.6 Å². The zero-order valence-corrected chi connectivity index (χ0v) is 9.20. The van der Waals surface area contributed by atoms with Gasteiger partial charge in [0, 0.05) is 0 Å². The van der Waals surface area contributed by atoms with Crippen LogP contribution < -0.4 is 4.74 Å². The lowest BCUT2D eigenvalue weighted by Gasteiger charge is -2.06. The van der Waals surface area contributed by atoms with Crippen molar-refractivity contribution in [2.24, 2.45) is 0 Å². The first kappa shape index (κ1) is 12.2. The molecule has 0 spiro atoms.